The molecule has 2 aromatic rings. The van der Waals surface area contributed by atoms with E-state index in [9.17, 15) is 13.2 Å². The molecule has 5 nitrogen and oxygen atoms in total. The molecule has 0 heterocycles. The first-order valence-electron chi connectivity index (χ1n) is 6.63. The molecule has 0 fully saturated rings. The molecular weight excluding hydrogens is 359 g/mol. The molecule has 0 unspecified atom stereocenters. The predicted octanol–water partition coefficient (Wildman–Crippen LogP) is 3.30. The van der Waals surface area contributed by atoms with E-state index >= 15 is 0 Å². The number of benzene rings is 2. The van der Waals surface area contributed by atoms with Crippen LogP contribution in [0.25, 0.3) is 0 Å². The van der Waals surface area contributed by atoms with Gasteiger partial charge >= 0.3 is 0 Å². The van der Waals surface area contributed by atoms with Gasteiger partial charge in [0.1, 0.15) is 0 Å². The SMILES string of the molecule is C[C@@H](NS(=O)(=O)c1ccccc1)C(=O)Nc1cccc(Cl)c1Cl. The highest BCUT2D eigenvalue weighted by atomic mass is 35.5. The molecule has 0 radical (unpaired) electrons. The molecule has 1 amide bonds. The number of rotatable bonds is 5. The molecule has 0 saturated heterocycles. The highest BCUT2D eigenvalue weighted by molar-refractivity contribution is 7.89. The van der Waals surface area contributed by atoms with Gasteiger partial charge in [0.05, 0.1) is 26.7 Å². The first-order valence-corrected chi connectivity index (χ1v) is 8.87. The van der Waals surface area contributed by atoms with E-state index in [-0.39, 0.29) is 9.92 Å². The topological polar surface area (TPSA) is 75.3 Å². The summed E-state index contributed by atoms with van der Waals surface area (Å²) in [5, 5.41) is 3.03. The number of anilines is 1. The Bertz CT molecular complexity index is 811. The third-order valence-electron chi connectivity index (χ3n) is 2.99. The van der Waals surface area contributed by atoms with Gasteiger partial charge in [-0.2, -0.15) is 4.72 Å². The fourth-order valence-electron chi connectivity index (χ4n) is 1.80. The van der Waals surface area contributed by atoms with Crippen molar-refractivity contribution in [3.8, 4) is 0 Å². The lowest BCUT2D eigenvalue weighted by molar-refractivity contribution is -0.117. The maximum absolute atomic E-state index is 12.2. The average molecular weight is 373 g/mol. The number of sulfonamides is 1. The number of nitrogens with one attached hydrogen (secondary N) is 2. The van der Waals surface area contributed by atoms with Gasteiger partial charge in [0.15, 0.2) is 0 Å². The fourth-order valence-corrected chi connectivity index (χ4v) is 3.37. The quantitative estimate of drug-likeness (QED) is 0.845. The summed E-state index contributed by atoms with van der Waals surface area (Å²) in [5.74, 6) is -0.548. The summed E-state index contributed by atoms with van der Waals surface area (Å²) in [6.45, 7) is 1.44. The van der Waals surface area contributed by atoms with E-state index in [1.54, 1.807) is 36.4 Å². The van der Waals surface area contributed by atoms with Gasteiger partial charge in [0, 0.05) is 0 Å². The molecule has 1 atom stereocenters. The van der Waals surface area contributed by atoms with Crippen molar-refractivity contribution in [2.75, 3.05) is 5.32 Å². The maximum Gasteiger partial charge on any atom is 0.242 e. The zero-order chi connectivity index (χ0) is 17.0. The number of halogens is 2. The second-order valence-corrected chi connectivity index (χ2v) is 7.25. The monoisotopic (exact) mass is 372 g/mol. The molecule has 122 valence electrons. The van der Waals surface area contributed by atoms with Crippen molar-refractivity contribution < 1.29 is 13.2 Å². The lowest BCUT2D eigenvalue weighted by Crippen LogP contribution is -2.41. The van der Waals surface area contributed by atoms with Crippen molar-refractivity contribution >= 4 is 44.8 Å². The Labute approximate surface area is 144 Å². The predicted molar refractivity (Wildman–Crippen MR) is 91.3 cm³/mol. The second-order valence-electron chi connectivity index (χ2n) is 4.75. The molecule has 2 aromatic carbocycles. The number of carbonyl (C=O) groups excluding carboxylic acids is 1. The minimum absolute atomic E-state index is 0.0837. The Morgan fingerprint density at radius 3 is 2.35 bits per heavy atom. The third kappa shape index (κ3) is 4.45. The van der Waals surface area contributed by atoms with Crippen LogP contribution >= 0.6 is 23.2 Å². The lowest BCUT2D eigenvalue weighted by atomic mass is 10.3. The third-order valence-corrected chi connectivity index (χ3v) is 5.36. The summed E-state index contributed by atoms with van der Waals surface area (Å²) in [6.07, 6.45) is 0. The fraction of sp³-hybridized carbons (Fsp3) is 0.133. The van der Waals surface area contributed by atoms with E-state index in [0.717, 1.165) is 0 Å². The van der Waals surface area contributed by atoms with E-state index in [1.165, 1.54) is 19.1 Å². The Hall–Kier alpha value is -1.60. The second kappa shape index (κ2) is 7.31. The van der Waals surface area contributed by atoms with Crippen molar-refractivity contribution in [3.63, 3.8) is 0 Å². The summed E-state index contributed by atoms with van der Waals surface area (Å²) in [7, 11) is -3.78. The van der Waals surface area contributed by atoms with Crippen molar-refractivity contribution in [3.05, 3.63) is 58.6 Å². The van der Waals surface area contributed by atoms with Gasteiger partial charge in [-0.25, -0.2) is 8.42 Å². The van der Waals surface area contributed by atoms with Crippen molar-refractivity contribution in [1.29, 1.82) is 0 Å². The zero-order valence-corrected chi connectivity index (χ0v) is 14.4. The molecule has 2 N–H and O–H groups in total. The Kier molecular flexibility index (Phi) is 5.64. The summed E-state index contributed by atoms with van der Waals surface area (Å²) in [5.41, 5.74) is 0.315. The van der Waals surface area contributed by atoms with Crippen LogP contribution in [-0.2, 0) is 14.8 Å². The molecule has 23 heavy (non-hydrogen) atoms. The zero-order valence-electron chi connectivity index (χ0n) is 12.1. The van der Waals surface area contributed by atoms with Crippen LogP contribution in [0.15, 0.2) is 53.4 Å². The van der Waals surface area contributed by atoms with Crippen LogP contribution in [0.4, 0.5) is 5.69 Å². The first-order chi connectivity index (χ1) is 10.8. The van der Waals surface area contributed by atoms with Gasteiger partial charge in [0.25, 0.3) is 0 Å². The largest absolute Gasteiger partial charge is 0.323 e. The number of hydrogen-bond acceptors (Lipinski definition) is 3. The highest BCUT2D eigenvalue weighted by Gasteiger charge is 2.22. The summed E-state index contributed by atoms with van der Waals surface area (Å²) in [6, 6.07) is 11.6. The maximum atomic E-state index is 12.2. The minimum Gasteiger partial charge on any atom is -0.323 e. The van der Waals surface area contributed by atoms with Crippen LogP contribution in [0.3, 0.4) is 0 Å². The number of hydrogen-bond donors (Lipinski definition) is 2. The molecule has 0 aliphatic heterocycles. The van der Waals surface area contributed by atoms with Gasteiger partial charge in [-0.15, -0.1) is 0 Å². The number of carbonyl (C=O) groups is 1. The number of amides is 1. The van der Waals surface area contributed by atoms with E-state index < -0.39 is 22.0 Å². The lowest BCUT2D eigenvalue weighted by Gasteiger charge is -2.15. The van der Waals surface area contributed by atoms with Gasteiger partial charge in [-0.1, -0.05) is 47.5 Å². The molecule has 0 spiro atoms. The first kappa shape index (κ1) is 17.7. The smallest absolute Gasteiger partial charge is 0.242 e. The van der Waals surface area contributed by atoms with Crippen LogP contribution in [0.1, 0.15) is 6.92 Å². The van der Waals surface area contributed by atoms with E-state index in [4.69, 9.17) is 23.2 Å². The van der Waals surface area contributed by atoms with Crippen LogP contribution < -0.4 is 10.0 Å². The molecule has 0 aliphatic rings. The van der Waals surface area contributed by atoms with Gasteiger partial charge in [0.2, 0.25) is 15.9 Å². The van der Waals surface area contributed by atoms with Crippen molar-refractivity contribution in [1.82, 2.24) is 4.72 Å². The minimum atomic E-state index is -3.78. The molecular formula is C15H14Cl2N2O3S. The van der Waals surface area contributed by atoms with Crippen LogP contribution in [-0.4, -0.2) is 20.4 Å². The molecule has 0 aromatic heterocycles. The van der Waals surface area contributed by atoms with E-state index in [1.807, 2.05) is 0 Å². The average Bonchev–Trinajstić information content (AvgIpc) is 2.52. The molecule has 0 bridgehead atoms. The molecule has 8 heteroatoms. The Morgan fingerprint density at radius 1 is 1.04 bits per heavy atom. The van der Waals surface area contributed by atoms with Crippen LogP contribution in [0.5, 0.6) is 0 Å². The van der Waals surface area contributed by atoms with Crippen molar-refractivity contribution in [2.45, 2.75) is 17.9 Å². The highest BCUT2D eigenvalue weighted by Crippen LogP contribution is 2.29. The summed E-state index contributed by atoms with van der Waals surface area (Å²) in [4.78, 5) is 12.2. The standard InChI is InChI=1S/C15H14Cl2N2O3S/c1-10(19-23(21,22)11-6-3-2-4-7-11)15(20)18-13-9-5-8-12(16)14(13)17/h2-10,19H,1H3,(H,18,20)/t10-/m1/s1. The molecule has 2 rings (SSSR count). The Balaban J connectivity index is 2.10. The molecule has 0 aliphatic carbocycles. The van der Waals surface area contributed by atoms with Crippen LogP contribution in [0.2, 0.25) is 10.0 Å². The van der Waals surface area contributed by atoms with Crippen LogP contribution in [0, 0.1) is 0 Å². The van der Waals surface area contributed by atoms with Gasteiger partial charge in [-0.3, -0.25) is 4.79 Å². The normalized spacial score (nSPS) is 12.7. The van der Waals surface area contributed by atoms with Crippen molar-refractivity contribution in [2.24, 2.45) is 0 Å². The van der Waals surface area contributed by atoms with E-state index in [2.05, 4.69) is 10.0 Å². The van der Waals surface area contributed by atoms with Gasteiger partial charge < -0.3 is 5.32 Å². The molecule has 0 saturated carbocycles. The Morgan fingerprint density at radius 2 is 1.70 bits per heavy atom. The summed E-state index contributed by atoms with van der Waals surface area (Å²) < 4.78 is 26.7. The summed E-state index contributed by atoms with van der Waals surface area (Å²) >= 11 is 11.9. The van der Waals surface area contributed by atoms with E-state index in [0.29, 0.717) is 10.7 Å². The van der Waals surface area contributed by atoms with Gasteiger partial charge in [-0.05, 0) is 31.2 Å².